The van der Waals surface area contributed by atoms with Crippen LogP contribution in [0.2, 0.25) is 0 Å². The van der Waals surface area contributed by atoms with Crippen molar-refractivity contribution in [2.75, 3.05) is 26.4 Å². The molecule has 3 spiro atoms. The van der Waals surface area contributed by atoms with Crippen LogP contribution in [0.5, 0.6) is 0 Å². The molecule has 4 aliphatic carbocycles. The lowest BCUT2D eigenvalue weighted by Crippen LogP contribution is -2.72. The minimum atomic E-state index is -0.837. The lowest BCUT2D eigenvalue weighted by atomic mass is 9.38. The van der Waals surface area contributed by atoms with Gasteiger partial charge in [0.2, 0.25) is 0 Å². The van der Waals surface area contributed by atoms with Gasteiger partial charge in [0.05, 0.1) is 38.1 Å². The second-order valence-electron chi connectivity index (χ2n) is 13.9. The third-order valence-corrected chi connectivity index (χ3v) is 11.9. The first-order valence-corrected chi connectivity index (χ1v) is 13.4. The summed E-state index contributed by atoms with van der Waals surface area (Å²) in [6, 6.07) is 0. The molecule has 0 aromatic heterocycles. The number of epoxide rings is 1. The summed E-state index contributed by atoms with van der Waals surface area (Å²) in [6.07, 6.45) is 6.72. The first-order valence-electron chi connectivity index (χ1n) is 13.4. The minimum absolute atomic E-state index is 0.0996. The van der Waals surface area contributed by atoms with E-state index >= 15 is 0 Å². The summed E-state index contributed by atoms with van der Waals surface area (Å²) in [5.74, 6) is 0.0520. The zero-order valence-corrected chi connectivity index (χ0v) is 21.1. The Morgan fingerprint density at radius 2 is 1.48 bits per heavy atom. The summed E-state index contributed by atoms with van der Waals surface area (Å²) in [5.41, 5.74) is -1.63. The van der Waals surface area contributed by atoms with Crippen molar-refractivity contribution in [2.24, 2.45) is 34.0 Å². The van der Waals surface area contributed by atoms with Crippen LogP contribution in [-0.2, 0) is 23.7 Å². The smallest absolute Gasteiger partial charge is 0.174 e. The Morgan fingerprint density at radius 3 is 2.15 bits per heavy atom. The summed E-state index contributed by atoms with van der Waals surface area (Å²) in [6.45, 7) is 14.2. The topological polar surface area (TPSA) is 69.7 Å². The van der Waals surface area contributed by atoms with Crippen LogP contribution in [0.15, 0.2) is 0 Å². The van der Waals surface area contributed by atoms with Crippen molar-refractivity contribution in [3.8, 4) is 0 Å². The number of hydrogen-bond acceptors (Lipinski definition) is 6. The molecule has 4 saturated carbocycles. The second-order valence-corrected chi connectivity index (χ2v) is 13.9. The zero-order chi connectivity index (χ0) is 23.1. The van der Waals surface area contributed by atoms with Crippen LogP contribution in [0.3, 0.4) is 0 Å². The van der Waals surface area contributed by atoms with Crippen molar-refractivity contribution >= 4 is 0 Å². The Bertz CT molecular complexity index is 855. The van der Waals surface area contributed by atoms with E-state index in [9.17, 15) is 5.11 Å². The molecule has 0 aromatic carbocycles. The van der Waals surface area contributed by atoms with Gasteiger partial charge in [-0.1, -0.05) is 34.6 Å². The first-order chi connectivity index (χ1) is 15.4. The third-order valence-electron chi connectivity index (χ3n) is 11.9. The maximum atomic E-state index is 12.9. The Hall–Kier alpha value is -0.240. The van der Waals surface area contributed by atoms with Crippen LogP contribution in [-0.4, -0.2) is 60.4 Å². The van der Waals surface area contributed by atoms with Gasteiger partial charge in [0.1, 0.15) is 5.60 Å². The highest BCUT2D eigenvalue weighted by atomic mass is 16.7. The van der Waals surface area contributed by atoms with Gasteiger partial charge in [0, 0.05) is 30.1 Å². The molecule has 0 bridgehead atoms. The lowest BCUT2D eigenvalue weighted by Gasteiger charge is -2.68. The fourth-order valence-corrected chi connectivity index (χ4v) is 10.3. The van der Waals surface area contributed by atoms with E-state index in [0.717, 1.165) is 44.9 Å². The number of hydrogen-bond donors (Lipinski definition) is 1. The van der Waals surface area contributed by atoms with Crippen LogP contribution in [0, 0.1) is 34.0 Å². The molecule has 1 N–H and O–H groups in total. The number of fused-ring (bicyclic) bond motifs is 5. The van der Waals surface area contributed by atoms with Crippen molar-refractivity contribution in [3.63, 3.8) is 0 Å². The molecule has 33 heavy (non-hydrogen) atoms. The summed E-state index contributed by atoms with van der Waals surface area (Å²) in [5, 5.41) is 12.9. The molecule has 8 unspecified atom stereocenters. The highest BCUT2D eigenvalue weighted by Gasteiger charge is 2.83. The molecular weight excluding hydrogens is 420 g/mol. The summed E-state index contributed by atoms with van der Waals surface area (Å²) < 4.78 is 31.9. The summed E-state index contributed by atoms with van der Waals surface area (Å²) in [7, 11) is 0. The van der Waals surface area contributed by atoms with Gasteiger partial charge in [0.25, 0.3) is 0 Å². The zero-order valence-electron chi connectivity index (χ0n) is 21.1. The Morgan fingerprint density at radius 1 is 0.818 bits per heavy atom. The molecule has 7 aliphatic rings. The monoisotopic (exact) mass is 462 g/mol. The standard InChI is InChI=1S/C27H42O6/c1-21(2,3)25(28)15-23(5)18(6-7-27(23)31-12-13-32-27)17-14-19-26(33-19)16-24(29-10-11-30-24)9-8-22(26,4)20(17)25/h17-20,28H,6-16H2,1-5H3. The van der Waals surface area contributed by atoms with E-state index in [2.05, 4.69) is 34.6 Å². The first kappa shape index (κ1) is 22.0. The van der Waals surface area contributed by atoms with Crippen LogP contribution < -0.4 is 0 Å². The molecule has 8 atom stereocenters. The number of rotatable bonds is 0. The van der Waals surface area contributed by atoms with E-state index in [0.29, 0.717) is 38.3 Å². The highest BCUT2D eigenvalue weighted by molar-refractivity contribution is 5.30. The molecule has 0 radical (unpaired) electrons. The van der Waals surface area contributed by atoms with E-state index in [4.69, 9.17) is 23.7 Å². The van der Waals surface area contributed by atoms with Crippen molar-refractivity contribution in [1.29, 1.82) is 0 Å². The van der Waals surface area contributed by atoms with E-state index in [1.807, 2.05) is 0 Å². The lowest BCUT2D eigenvalue weighted by molar-refractivity contribution is -0.309. The fraction of sp³-hybridized carbons (Fsp3) is 1.00. The largest absolute Gasteiger partial charge is 0.389 e. The average molecular weight is 463 g/mol. The molecule has 186 valence electrons. The van der Waals surface area contributed by atoms with Gasteiger partial charge < -0.3 is 28.8 Å². The van der Waals surface area contributed by atoms with Crippen LogP contribution in [0.4, 0.5) is 0 Å². The summed E-state index contributed by atoms with van der Waals surface area (Å²) in [4.78, 5) is 0. The molecule has 3 heterocycles. The van der Waals surface area contributed by atoms with Gasteiger partial charge >= 0.3 is 0 Å². The van der Waals surface area contributed by atoms with Gasteiger partial charge in [-0.25, -0.2) is 0 Å². The third kappa shape index (κ3) is 2.38. The van der Waals surface area contributed by atoms with Gasteiger partial charge in [0.15, 0.2) is 11.6 Å². The van der Waals surface area contributed by atoms with E-state index < -0.39 is 17.2 Å². The summed E-state index contributed by atoms with van der Waals surface area (Å²) >= 11 is 0. The SMILES string of the molecule is CC(C)(C)C1(O)CC2(C)C(CCC23OCCO3)C2CC3OC34CC3(CCC4(C)C21)OCCO3. The van der Waals surface area contributed by atoms with Crippen molar-refractivity contribution in [2.45, 2.75) is 108 Å². The number of aliphatic hydroxyl groups is 1. The van der Waals surface area contributed by atoms with Gasteiger partial charge in [-0.2, -0.15) is 0 Å². The average Bonchev–Trinajstić information content (AvgIpc) is 3.09. The maximum Gasteiger partial charge on any atom is 0.174 e. The molecule has 3 aliphatic heterocycles. The molecule has 7 rings (SSSR count). The van der Waals surface area contributed by atoms with Gasteiger partial charge in [-0.3, -0.25) is 0 Å². The highest BCUT2D eigenvalue weighted by Crippen LogP contribution is 2.78. The molecule has 6 heteroatoms. The van der Waals surface area contributed by atoms with E-state index in [1.54, 1.807) is 0 Å². The normalized spacial score (nSPS) is 55.8. The van der Waals surface area contributed by atoms with Crippen LogP contribution >= 0.6 is 0 Å². The molecule has 0 aromatic rings. The molecular formula is C27H42O6. The predicted molar refractivity (Wildman–Crippen MR) is 120 cm³/mol. The van der Waals surface area contributed by atoms with Crippen molar-refractivity contribution in [3.05, 3.63) is 0 Å². The fourth-order valence-electron chi connectivity index (χ4n) is 10.3. The Kier molecular flexibility index (Phi) is 4.12. The molecule has 3 saturated heterocycles. The quantitative estimate of drug-likeness (QED) is 0.548. The Labute approximate surface area is 198 Å². The van der Waals surface area contributed by atoms with Crippen LogP contribution in [0.1, 0.15) is 79.6 Å². The Balaban J connectivity index is 1.35. The van der Waals surface area contributed by atoms with E-state index in [1.165, 1.54) is 0 Å². The van der Waals surface area contributed by atoms with E-state index in [-0.39, 0.29) is 33.9 Å². The maximum absolute atomic E-state index is 12.9. The molecule has 7 fully saturated rings. The van der Waals surface area contributed by atoms with Crippen LogP contribution in [0.25, 0.3) is 0 Å². The molecule has 6 nitrogen and oxygen atoms in total. The predicted octanol–water partition coefficient (Wildman–Crippen LogP) is 4.03. The van der Waals surface area contributed by atoms with Gasteiger partial charge in [-0.15, -0.1) is 0 Å². The molecule has 0 amide bonds. The minimum Gasteiger partial charge on any atom is -0.389 e. The second kappa shape index (κ2) is 6.18. The van der Waals surface area contributed by atoms with Gasteiger partial charge in [-0.05, 0) is 48.9 Å². The van der Waals surface area contributed by atoms with Crippen molar-refractivity contribution in [1.82, 2.24) is 0 Å². The van der Waals surface area contributed by atoms with Crippen molar-refractivity contribution < 1.29 is 28.8 Å². The number of ether oxygens (including phenoxy) is 5.